The number of hydrogen-bond donors (Lipinski definition) is 1. The Bertz CT molecular complexity index is 720. The van der Waals surface area contributed by atoms with E-state index in [2.05, 4.69) is 19.2 Å². The predicted molar refractivity (Wildman–Crippen MR) is 115 cm³/mol. The molecule has 4 fully saturated rings. The van der Waals surface area contributed by atoms with Gasteiger partial charge in [0.2, 0.25) is 0 Å². The molecule has 3 nitrogen and oxygen atoms in total. The summed E-state index contributed by atoms with van der Waals surface area (Å²) in [4.78, 5) is 26.2. The summed E-state index contributed by atoms with van der Waals surface area (Å²) in [5.74, 6) is 3.01. The Balaban J connectivity index is 1.44. The Morgan fingerprint density at radius 3 is 2.62 bits per heavy atom. The molecule has 29 heavy (non-hydrogen) atoms. The summed E-state index contributed by atoms with van der Waals surface area (Å²) in [6.45, 7) is 5.87. The molecule has 1 N–H and O–H groups in total. The third-order valence-electron chi connectivity index (χ3n) is 10.1. The number of fused-ring (bicyclic) bond motifs is 5. The summed E-state index contributed by atoms with van der Waals surface area (Å²) in [6.07, 6.45) is 15.9. The molecule has 160 valence electrons. The number of allylic oxidation sites excluding steroid dienone is 2. The van der Waals surface area contributed by atoms with Gasteiger partial charge < -0.3 is 5.32 Å². The molecule has 3 heteroatoms. The van der Waals surface area contributed by atoms with E-state index in [0.29, 0.717) is 41.8 Å². The van der Waals surface area contributed by atoms with E-state index in [1.54, 1.807) is 0 Å². The summed E-state index contributed by atoms with van der Waals surface area (Å²) in [5, 5.41) is 3.70. The van der Waals surface area contributed by atoms with Gasteiger partial charge in [-0.05, 0) is 54.8 Å². The fraction of sp³-hybridized carbons (Fsp3) is 0.846. The second kappa shape index (κ2) is 7.24. The highest BCUT2D eigenvalue weighted by atomic mass is 16.1. The number of Topliss-reactive ketones (excluding diaryl/α,β-unsaturated/α-hetero) is 1. The molecule has 0 amide bonds. The van der Waals surface area contributed by atoms with E-state index in [4.69, 9.17) is 0 Å². The highest BCUT2D eigenvalue weighted by Crippen LogP contribution is 2.63. The van der Waals surface area contributed by atoms with Crippen LogP contribution in [0.4, 0.5) is 0 Å². The molecule has 5 aliphatic rings. The second-order valence-corrected chi connectivity index (χ2v) is 11.6. The molecule has 0 aromatic heterocycles. The first-order chi connectivity index (χ1) is 13.9. The second-order valence-electron chi connectivity index (χ2n) is 11.6. The average molecular weight is 398 g/mol. The SMILES string of the molecule is C[C@@]12CCC[C@H]1[C@@H]1CNC3=CC(=O)CC(C(=O)CC4CCCCC4)[C@]3(C)[C@H]1CC2. The van der Waals surface area contributed by atoms with Crippen molar-refractivity contribution in [2.45, 2.75) is 90.9 Å². The lowest BCUT2D eigenvalue weighted by atomic mass is 9.48. The highest BCUT2D eigenvalue weighted by molar-refractivity contribution is 5.97. The van der Waals surface area contributed by atoms with Gasteiger partial charge in [0, 0.05) is 42.5 Å². The zero-order valence-electron chi connectivity index (χ0n) is 18.5. The van der Waals surface area contributed by atoms with E-state index in [1.807, 2.05) is 6.08 Å². The van der Waals surface area contributed by atoms with Gasteiger partial charge in [-0.25, -0.2) is 0 Å². The van der Waals surface area contributed by atoms with Crippen LogP contribution in [-0.4, -0.2) is 18.1 Å². The van der Waals surface area contributed by atoms with Crippen LogP contribution in [0.2, 0.25) is 0 Å². The van der Waals surface area contributed by atoms with Crippen molar-refractivity contribution in [3.05, 3.63) is 11.8 Å². The molecule has 3 saturated carbocycles. The molecular weight excluding hydrogens is 358 g/mol. The Labute approximate surface area is 176 Å². The molecular formula is C26H39NO2. The molecule has 5 rings (SSSR count). The highest BCUT2D eigenvalue weighted by Gasteiger charge is 2.60. The molecule has 1 heterocycles. The Hall–Kier alpha value is -1.12. The maximum Gasteiger partial charge on any atom is 0.158 e. The third-order valence-corrected chi connectivity index (χ3v) is 10.1. The number of ketones is 2. The van der Waals surface area contributed by atoms with Gasteiger partial charge in [0.15, 0.2) is 5.78 Å². The Morgan fingerprint density at radius 2 is 1.83 bits per heavy atom. The molecule has 0 bridgehead atoms. The standard InChI is InChI=1S/C26H39NO2/c1-25-11-6-9-20(25)19-16-27-24-15-18(28)14-22(26(24,2)21(19)10-12-25)23(29)13-17-7-4-3-5-8-17/h15,17,19-22,27H,3-14,16H2,1-2H3/t19-,20-,21-,22?,25-,26-/m0/s1. The molecule has 4 aliphatic carbocycles. The summed E-state index contributed by atoms with van der Waals surface area (Å²) < 4.78 is 0. The van der Waals surface area contributed by atoms with Gasteiger partial charge >= 0.3 is 0 Å². The minimum absolute atomic E-state index is 0.108. The number of carbonyl (C=O) groups is 2. The zero-order valence-corrected chi connectivity index (χ0v) is 18.5. The van der Waals surface area contributed by atoms with Crippen molar-refractivity contribution >= 4 is 11.6 Å². The van der Waals surface area contributed by atoms with Crippen molar-refractivity contribution in [2.75, 3.05) is 6.54 Å². The van der Waals surface area contributed by atoms with Crippen LogP contribution in [-0.2, 0) is 9.59 Å². The number of piperidine rings is 1. The van der Waals surface area contributed by atoms with Crippen molar-refractivity contribution in [2.24, 2.45) is 40.4 Å². The van der Waals surface area contributed by atoms with Gasteiger partial charge in [-0.3, -0.25) is 9.59 Å². The van der Waals surface area contributed by atoms with Crippen LogP contribution in [0.5, 0.6) is 0 Å². The van der Waals surface area contributed by atoms with Crippen LogP contribution in [0.25, 0.3) is 0 Å². The summed E-state index contributed by atoms with van der Waals surface area (Å²) in [5.41, 5.74) is 1.44. The number of carbonyl (C=O) groups excluding carboxylic acids is 2. The quantitative estimate of drug-likeness (QED) is 0.689. The largest absolute Gasteiger partial charge is 0.387 e. The van der Waals surface area contributed by atoms with Gasteiger partial charge in [-0.1, -0.05) is 52.4 Å². The van der Waals surface area contributed by atoms with Crippen LogP contribution in [0, 0.1) is 40.4 Å². The van der Waals surface area contributed by atoms with Crippen LogP contribution in [0.15, 0.2) is 11.8 Å². The van der Waals surface area contributed by atoms with Crippen molar-refractivity contribution in [3.63, 3.8) is 0 Å². The number of hydrogen-bond acceptors (Lipinski definition) is 3. The fourth-order valence-corrected chi connectivity index (χ4v) is 8.48. The summed E-state index contributed by atoms with van der Waals surface area (Å²) in [7, 11) is 0. The summed E-state index contributed by atoms with van der Waals surface area (Å²) in [6, 6.07) is 0. The number of nitrogens with one attached hydrogen (secondary N) is 1. The zero-order chi connectivity index (χ0) is 20.2. The smallest absolute Gasteiger partial charge is 0.158 e. The maximum absolute atomic E-state index is 13.6. The first-order valence-electron chi connectivity index (χ1n) is 12.4. The Morgan fingerprint density at radius 1 is 1.03 bits per heavy atom. The van der Waals surface area contributed by atoms with Crippen molar-refractivity contribution in [3.8, 4) is 0 Å². The van der Waals surface area contributed by atoms with E-state index in [9.17, 15) is 9.59 Å². The van der Waals surface area contributed by atoms with Gasteiger partial charge in [-0.2, -0.15) is 0 Å². The first-order valence-corrected chi connectivity index (χ1v) is 12.4. The maximum atomic E-state index is 13.6. The fourth-order valence-electron chi connectivity index (χ4n) is 8.48. The van der Waals surface area contributed by atoms with Crippen LogP contribution in [0.3, 0.4) is 0 Å². The average Bonchev–Trinajstić information content (AvgIpc) is 3.10. The molecule has 6 atom stereocenters. The monoisotopic (exact) mass is 397 g/mol. The molecule has 1 unspecified atom stereocenters. The van der Waals surface area contributed by atoms with Crippen molar-refractivity contribution < 1.29 is 9.59 Å². The molecule has 0 radical (unpaired) electrons. The minimum Gasteiger partial charge on any atom is -0.387 e. The lowest BCUT2D eigenvalue weighted by Crippen LogP contribution is -2.59. The van der Waals surface area contributed by atoms with Crippen molar-refractivity contribution in [1.29, 1.82) is 0 Å². The van der Waals surface area contributed by atoms with E-state index in [-0.39, 0.29) is 17.1 Å². The van der Waals surface area contributed by atoms with E-state index in [1.165, 1.54) is 64.2 Å². The van der Waals surface area contributed by atoms with E-state index >= 15 is 0 Å². The van der Waals surface area contributed by atoms with Gasteiger partial charge in [0.25, 0.3) is 0 Å². The van der Waals surface area contributed by atoms with Gasteiger partial charge in [0.05, 0.1) is 0 Å². The topological polar surface area (TPSA) is 46.2 Å². The molecule has 0 spiro atoms. The van der Waals surface area contributed by atoms with Crippen LogP contribution < -0.4 is 5.32 Å². The van der Waals surface area contributed by atoms with E-state index in [0.717, 1.165) is 18.2 Å². The molecule has 1 aliphatic heterocycles. The normalized spacial score (nSPS) is 44.9. The molecule has 0 aromatic rings. The third kappa shape index (κ3) is 3.13. The molecule has 1 saturated heterocycles. The lowest BCUT2D eigenvalue weighted by Gasteiger charge is -2.59. The number of rotatable bonds is 3. The van der Waals surface area contributed by atoms with Crippen LogP contribution in [0.1, 0.15) is 90.9 Å². The van der Waals surface area contributed by atoms with Crippen molar-refractivity contribution in [1.82, 2.24) is 5.32 Å². The van der Waals surface area contributed by atoms with E-state index < -0.39 is 0 Å². The Kier molecular flexibility index (Phi) is 4.95. The van der Waals surface area contributed by atoms with Gasteiger partial charge in [0.1, 0.15) is 5.78 Å². The van der Waals surface area contributed by atoms with Crippen LogP contribution >= 0.6 is 0 Å². The molecule has 0 aromatic carbocycles. The lowest BCUT2D eigenvalue weighted by molar-refractivity contribution is -0.138. The minimum atomic E-state index is -0.160. The predicted octanol–water partition coefficient (Wildman–Crippen LogP) is 5.44. The van der Waals surface area contributed by atoms with Gasteiger partial charge in [-0.15, -0.1) is 0 Å². The summed E-state index contributed by atoms with van der Waals surface area (Å²) >= 11 is 0. The first kappa shape index (κ1) is 19.8.